The van der Waals surface area contributed by atoms with E-state index in [1.807, 2.05) is 24.3 Å². The van der Waals surface area contributed by atoms with E-state index in [9.17, 15) is 0 Å². The Hall–Kier alpha value is -0.335. The van der Waals surface area contributed by atoms with Gasteiger partial charge < -0.3 is 4.65 Å². The fourth-order valence-electron chi connectivity index (χ4n) is 1.28. The van der Waals surface area contributed by atoms with Gasteiger partial charge in [0, 0.05) is 0 Å². The summed E-state index contributed by atoms with van der Waals surface area (Å²) in [5, 5.41) is 0. The summed E-state index contributed by atoms with van der Waals surface area (Å²) in [7, 11) is 0. The fraction of sp³-hybridized carbons (Fsp3) is 0.400. The lowest BCUT2D eigenvalue weighted by Crippen LogP contribution is -2.15. The van der Waals surface area contributed by atoms with Crippen LogP contribution in [0, 0.1) is 0 Å². The second kappa shape index (κ2) is 4.46. The van der Waals surface area contributed by atoms with Gasteiger partial charge in [0.1, 0.15) is 5.75 Å². The van der Waals surface area contributed by atoms with E-state index in [4.69, 9.17) is 27.6 Å². The van der Waals surface area contributed by atoms with Crippen molar-refractivity contribution >= 4 is 28.7 Å². The third-order valence-electron chi connectivity index (χ3n) is 1.91. The third kappa shape index (κ3) is 3.11. The molecule has 76 valence electrons. The van der Waals surface area contributed by atoms with Crippen LogP contribution in [0.4, 0.5) is 0 Å². The Bertz CT molecular complexity index is 307. The summed E-state index contributed by atoms with van der Waals surface area (Å²) in [5.41, 5.74) is 1.13. The summed E-state index contributed by atoms with van der Waals surface area (Å²) in [5.74, 6) is -0.0755. The SMILES string of the molecule is CC(C)(C)c1ccccc1OB(Cl)Cl. The van der Waals surface area contributed by atoms with Crippen LogP contribution in [0.25, 0.3) is 0 Å². The molecule has 1 nitrogen and oxygen atoms in total. The van der Waals surface area contributed by atoms with Crippen LogP contribution in [0.3, 0.4) is 0 Å². The van der Waals surface area contributed by atoms with Crippen molar-refractivity contribution in [2.75, 3.05) is 0 Å². The Balaban J connectivity index is 3.04. The van der Waals surface area contributed by atoms with Crippen LogP contribution < -0.4 is 4.65 Å². The van der Waals surface area contributed by atoms with Crippen LogP contribution in [0.15, 0.2) is 24.3 Å². The molecule has 0 saturated heterocycles. The minimum Gasteiger partial charge on any atom is -0.534 e. The number of halogens is 2. The van der Waals surface area contributed by atoms with Crippen molar-refractivity contribution in [3.8, 4) is 5.75 Å². The molecule has 1 aromatic carbocycles. The number of rotatable bonds is 2. The smallest absolute Gasteiger partial charge is 0.534 e. The van der Waals surface area contributed by atoms with E-state index >= 15 is 0 Å². The molecule has 1 aromatic rings. The van der Waals surface area contributed by atoms with Crippen molar-refractivity contribution in [3.05, 3.63) is 29.8 Å². The molecule has 0 unspecified atom stereocenters. The summed E-state index contributed by atoms with van der Waals surface area (Å²) >= 11 is 11.2. The van der Waals surface area contributed by atoms with Crippen LogP contribution in [-0.2, 0) is 5.41 Å². The highest BCUT2D eigenvalue weighted by molar-refractivity contribution is 7.31. The van der Waals surface area contributed by atoms with E-state index < -0.39 is 5.75 Å². The Morgan fingerprint density at radius 3 is 2.21 bits per heavy atom. The molecular formula is C10H13BCl2O. The Labute approximate surface area is 95.3 Å². The first-order valence-electron chi connectivity index (χ1n) is 4.45. The van der Waals surface area contributed by atoms with Crippen LogP contribution in [0.5, 0.6) is 5.75 Å². The molecule has 0 aromatic heterocycles. The summed E-state index contributed by atoms with van der Waals surface area (Å²) < 4.78 is 5.30. The predicted octanol–water partition coefficient (Wildman–Crippen LogP) is 3.83. The van der Waals surface area contributed by atoms with Gasteiger partial charge in [-0.2, -0.15) is 0 Å². The summed E-state index contributed by atoms with van der Waals surface area (Å²) in [4.78, 5) is 0. The first kappa shape index (κ1) is 11.7. The molecular weight excluding hydrogens is 218 g/mol. The lowest BCUT2D eigenvalue weighted by molar-refractivity contribution is 0.530. The molecule has 4 heteroatoms. The minimum absolute atomic E-state index is 0.0270. The number of benzene rings is 1. The molecule has 14 heavy (non-hydrogen) atoms. The summed E-state index contributed by atoms with van der Waals surface area (Å²) in [6, 6.07) is 7.77. The highest BCUT2D eigenvalue weighted by Crippen LogP contribution is 2.31. The molecule has 0 bridgehead atoms. The normalized spacial score (nSPS) is 11.2. The second-order valence-corrected chi connectivity index (χ2v) is 5.14. The van der Waals surface area contributed by atoms with Crippen molar-refractivity contribution in [1.82, 2.24) is 0 Å². The average Bonchev–Trinajstić information content (AvgIpc) is 2.01. The molecule has 0 amide bonds. The van der Waals surface area contributed by atoms with Gasteiger partial charge in [-0.05, 0) is 17.0 Å². The molecule has 0 heterocycles. The Morgan fingerprint density at radius 1 is 1.14 bits per heavy atom. The van der Waals surface area contributed by atoms with Gasteiger partial charge in [-0.1, -0.05) is 39.0 Å². The molecule has 0 spiro atoms. The van der Waals surface area contributed by atoms with Gasteiger partial charge in [0.2, 0.25) is 0 Å². The lowest BCUT2D eigenvalue weighted by atomic mass is 9.86. The molecule has 0 radical (unpaired) electrons. The zero-order valence-electron chi connectivity index (χ0n) is 8.55. The number of hydrogen-bond donors (Lipinski definition) is 0. The van der Waals surface area contributed by atoms with Gasteiger partial charge in [0.25, 0.3) is 0 Å². The Morgan fingerprint density at radius 2 is 1.71 bits per heavy atom. The monoisotopic (exact) mass is 230 g/mol. The third-order valence-corrected chi connectivity index (χ3v) is 2.09. The van der Waals surface area contributed by atoms with Crippen LogP contribution in [0.2, 0.25) is 0 Å². The van der Waals surface area contributed by atoms with Crippen molar-refractivity contribution in [1.29, 1.82) is 0 Å². The first-order valence-corrected chi connectivity index (χ1v) is 5.33. The quantitative estimate of drug-likeness (QED) is 0.702. The van der Waals surface area contributed by atoms with E-state index in [0.717, 1.165) is 11.3 Å². The highest BCUT2D eigenvalue weighted by Gasteiger charge is 2.20. The highest BCUT2D eigenvalue weighted by atomic mass is 35.5. The van der Waals surface area contributed by atoms with Gasteiger partial charge in [-0.3, -0.25) is 0 Å². The van der Waals surface area contributed by atoms with Gasteiger partial charge in [0.15, 0.2) is 0 Å². The molecule has 1 rings (SSSR count). The van der Waals surface area contributed by atoms with Crippen molar-refractivity contribution in [3.63, 3.8) is 0 Å². The molecule has 0 fully saturated rings. The molecule has 0 N–H and O–H groups in total. The van der Waals surface area contributed by atoms with Crippen molar-refractivity contribution < 1.29 is 4.65 Å². The maximum atomic E-state index is 5.58. The number of para-hydroxylation sites is 1. The standard InChI is InChI=1S/C10H13BCl2O/c1-10(2,3)8-6-4-5-7-9(8)14-11(12)13/h4-7H,1-3H3. The van der Waals surface area contributed by atoms with Crippen molar-refractivity contribution in [2.24, 2.45) is 0 Å². The van der Waals surface area contributed by atoms with Gasteiger partial charge >= 0.3 is 5.75 Å². The van der Waals surface area contributed by atoms with Gasteiger partial charge in [0.05, 0.1) is 0 Å². The molecule has 0 aliphatic carbocycles. The van der Waals surface area contributed by atoms with E-state index in [0.29, 0.717) is 0 Å². The minimum atomic E-state index is -0.821. The van der Waals surface area contributed by atoms with E-state index in [1.165, 1.54) is 0 Å². The maximum Gasteiger partial charge on any atom is 0.576 e. The zero-order valence-corrected chi connectivity index (χ0v) is 10.1. The summed E-state index contributed by atoms with van der Waals surface area (Å²) in [6.07, 6.45) is 0. The number of hydrogen-bond acceptors (Lipinski definition) is 1. The van der Waals surface area contributed by atoms with E-state index in [2.05, 4.69) is 20.8 Å². The average molecular weight is 231 g/mol. The van der Waals surface area contributed by atoms with E-state index in [-0.39, 0.29) is 5.41 Å². The maximum absolute atomic E-state index is 5.58. The second-order valence-electron chi connectivity index (χ2n) is 4.12. The molecule has 0 saturated carbocycles. The van der Waals surface area contributed by atoms with Crippen LogP contribution >= 0.6 is 22.9 Å². The first-order chi connectivity index (χ1) is 6.41. The van der Waals surface area contributed by atoms with Crippen LogP contribution in [-0.4, -0.2) is 5.75 Å². The molecule has 0 aliphatic rings. The fourth-order valence-corrected chi connectivity index (χ4v) is 1.48. The topological polar surface area (TPSA) is 9.23 Å². The van der Waals surface area contributed by atoms with Crippen LogP contribution in [0.1, 0.15) is 26.3 Å². The Kier molecular flexibility index (Phi) is 3.74. The molecule has 0 aliphatic heterocycles. The van der Waals surface area contributed by atoms with Gasteiger partial charge in [-0.15, -0.1) is 22.9 Å². The summed E-state index contributed by atoms with van der Waals surface area (Å²) in [6.45, 7) is 6.35. The lowest BCUT2D eigenvalue weighted by Gasteiger charge is -2.22. The zero-order chi connectivity index (χ0) is 10.8. The molecule has 0 atom stereocenters. The van der Waals surface area contributed by atoms with E-state index in [1.54, 1.807) is 0 Å². The van der Waals surface area contributed by atoms with Gasteiger partial charge in [-0.25, -0.2) is 0 Å². The largest absolute Gasteiger partial charge is 0.576 e. The predicted molar refractivity (Wildman–Crippen MR) is 63.2 cm³/mol. The van der Waals surface area contributed by atoms with Crippen molar-refractivity contribution in [2.45, 2.75) is 26.2 Å².